The van der Waals surface area contributed by atoms with E-state index in [9.17, 15) is 18.3 Å². The lowest BCUT2D eigenvalue weighted by atomic mass is 9.33. The minimum absolute atomic E-state index is 0.139. The van der Waals surface area contributed by atoms with Crippen molar-refractivity contribution in [1.82, 2.24) is 10.2 Å². The van der Waals surface area contributed by atoms with Crippen LogP contribution < -0.4 is 5.32 Å². The van der Waals surface area contributed by atoms with E-state index in [1.165, 1.54) is 63.4 Å². The third-order valence-corrected chi connectivity index (χ3v) is 18.6. The molecule has 0 aromatic heterocycles. The van der Waals surface area contributed by atoms with E-state index in [4.69, 9.17) is 0 Å². The zero-order chi connectivity index (χ0) is 35.8. The van der Waals surface area contributed by atoms with Crippen LogP contribution >= 0.6 is 0 Å². The second-order valence-electron chi connectivity index (χ2n) is 20.0. The zero-order valence-electron chi connectivity index (χ0n) is 32.4. The van der Waals surface area contributed by atoms with Gasteiger partial charge in [0.25, 0.3) is 0 Å². The number of rotatable bonds is 10. The number of carbonyl (C=O) groups is 1. The van der Waals surface area contributed by atoms with Gasteiger partial charge in [0.1, 0.15) is 0 Å². The number of aliphatic carboxylic acids is 1. The molecule has 278 valence electrons. The van der Waals surface area contributed by atoms with E-state index in [2.05, 4.69) is 64.4 Å². The highest BCUT2D eigenvalue weighted by molar-refractivity contribution is 7.91. The smallest absolute Gasteiger partial charge is 0.309 e. The second-order valence-corrected chi connectivity index (χ2v) is 22.3. The first-order valence-corrected chi connectivity index (χ1v) is 21.8. The van der Waals surface area contributed by atoms with Crippen molar-refractivity contribution in [1.29, 1.82) is 0 Å². The van der Waals surface area contributed by atoms with E-state index in [1.54, 1.807) is 5.57 Å². The lowest BCUT2D eigenvalue weighted by molar-refractivity contribution is -0.221. The fraction of sp³-hybridized carbons (Fsp3) is 0.881. The Morgan fingerprint density at radius 1 is 0.980 bits per heavy atom. The molecule has 5 aliphatic carbocycles. The third kappa shape index (κ3) is 6.13. The van der Waals surface area contributed by atoms with Crippen LogP contribution in [-0.2, 0) is 14.6 Å². The minimum atomic E-state index is -2.85. The van der Waals surface area contributed by atoms with Gasteiger partial charge in [-0.1, -0.05) is 58.4 Å². The highest BCUT2D eigenvalue weighted by Gasteiger charge is 2.70. The standard InChI is InChI=1S/C42H70N2O4S/c1-29(2)31-15-20-42(43-23-24-44-25-27-49(47,48)28-26-44)22-21-40(8)32(35(31)42)12-13-34-39(7)18-14-30(11-10-17-37(3,4)36(45)46)38(5,6)33(39)16-19-41(34,40)9/h14,31-35,43H,1,10-13,15-28H2,2-9H3,(H,45,46)/t31-,32+,33-,34+,35+,39-,40+,41+,42-/m0/s1. The van der Waals surface area contributed by atoms with Crippen molar-refractivity contribution >= 4 is 15.8 Å². The fourth-order valence-electron chi connectivity index (χ4n) is 13.8. The maximum absolute atomic E-state index is 12.0. The quantitative estimate of drug-likeness (QED) is 0.223. The van der Waals surface area contributed by atoms with Crippen molar-refractivity contribution < 1.29 is 18.3 Å². The van der Waals surface area contributed by atoms with Gasteiger partial charge in [0.15, 0.2) is 9.84 Å². The Morgan fingerprint density at radius 3 is 2.33 bits per heavy atom. The molecule has 0 aromatic rings. The predicted molar refractivity (Wildman–Crippen MR) is 201 cm³/mol. The highest BCUT2D eigenvalue weighted by Crippen LogP contribution is 2.76. The third-order valence-electron chi connectivity index (χ3n) is 17.0. The van der Waals surface area contributed by atoms with Gasteiger partial charge < -0.3 is 15.3 Å². The summed E-state index contributed by atoms with van der Waals surface area (Å²) < 4.78 is 24.0. The van der Waals surface area contributed by atoms with E-state index in [0.717, 1.165) is 32.4 Å². The van der Waals surface area contributed by atoms with Crippen LogP contribution in [0.25, 0.3) is 0 Å². The monoisotopic (exact) mass is 699 g/mol. The second kappa shape index (κ2) is 12.7. The molecular weight excluding hydrogens is 629 g/mol. The molecule has 1 saturated heterocycles. The molecule has 6 aliphatic rings. The van der Waals surface area contributed by atoms with Crippen LogP contribution in [0, 0.1) is 56.7 Å². The highest BCUT2D eigenvalue weighted by atomic mass is 32.2. The number of nitrogens with zero attached hydrogens (tertiary/aromatic N) is 1. The maximum Gasteiger partial charge on any atom is 0.309 e. The molecule has 1 aliphatic heterocycles. The number of allylic oxidation sites excluding steroid dienone is 3. The van der Waals surface area contributed by atoms with Crippen LogP contribution in [0.5, 0.6) is 0 Å². The summed E-state index contributed by atoms with van der Waals surface area (Å²) in [6.45, 7) is 27.0. The molecule has 0 unspecified atom stereocenters. The summed E-state index contributed by atoms with van der Waals surface area (Å²) in [4.78, 5) is 14.1. The summed E-state index contributed by atoms with van der Waals surface area (Å²) in [5.74, 6) is 3.19. The van der Waals surface area contributed by atoms with Gasteiger partial charge in [0.05, 0.1) is 16.9 Å². The van der Waals surface area contributed by atoms with Gasteiger partial charge in [-0.2, -0.15) is 0 Å². The molecule has 5 fully saturated rings. The Hall–Kier alpha value is -1.18. The summed E-state index contributed by atoms with van der Waals surface area (Å²) in [6.07, 6.45) is 16.8. The topological polar surface area (TPSA) is 86.7 Å². The Kier molecular flexibility index (Phi) is 9.77. The SMILES string of the molecule is C=C(C)[C@@H]1CC[C@]2(NCCN3CCS(=O)(=O)CC3)CC[C@]3(C)[C@H](CC[C@@H]4[C@@]5(C)CC=C(CCCC(C)(C)C(=O)O)C(C)(C)[C@@H]5CC[C@]43C)[C@@H]12. The first-order chi connectivity index (χ1) is 22.7. The normalized spacial score (nSPS) is 43.0. The molecule has 6 nitrogen and oxygen atoms in total. The maximum atomic E-state index is 12.0. The molecule has 0 bridgehead atoms. The molecule has 2 N–H and O–H groups in total. The number of hydrogen-bond donors (Lipinski definition) is 2. The van der Waals surface area contributed by atoms with E-state index >= 15 is 0 Å². The predicted octanol–water partition coefficient (Wildman–Crippen LogP) is 8.53. The van der Waals surface area contributed by atoms with Crippen LogP contribution in [-0.4, -0.2) is 67.6 Å². The summed E-state index contributed by atoms with van der Waals surface area (Å²) in [5, 5.41) is 13.9. The first-order valence-electron chi connectivity index (χ1n) is 20.0. The number of nitrogens with one attached hydrogen (secondary N) is 1. The van der Waals surface area contributed by atoms with Gasteiger partial charge in [-0.05, 0) is 149 Å². The van der Waals surface area contributed by atoms with Gasteiger partial charge in [0.2, 0.25) is 0 Å². The first kappa shape index (κ1) is 37.6. The minimum Gasteiger partial charge on any atom is -0.481 e. The molecule has 0 spiro atoms. The van der Waals surface area contributed by atoms with Crippen LogP contribution in [0.1, 0.15) is 132 Å². The van der Waals surface area contributed by atoms with Crippen molar-refractivity contribution in [2.45, 2.75) is 138 Å². The lowest BCUT2D eigenvalue weighted by Crippen LogP contribution is -2.68. The Balaban J connectivity index is 1.21. The largest absolute Gasteiger partial charge is 0.481 e. The molecule has 0 amide bonds. The van der Waals surface area contributed by atoms with Crippen LogP contribution in [0.2, 0.25) is 0 Å². The number of carboxylic acids is 1. The van der Waals surface area contributed by atoms with Gasteiger partial charge in [-0.3, -0.25) is 4.79 Å². The van der Waals surface area contributed by atoms with Crippen molar-refractivity contribution in [3.05, 3.63) is 23.8 Å². The van der Waals surface area contributed by atoms with E-state index < -0.39 is 21.2 Å². The van der Waals surface area contributed by atoms with E-state index in [-0.39, 0.29) is 16.4 Å². The Bertz CT molecular complexity index is 1440. The van der Waals surface area contributed by atoms with Crippen molar-refractivity contribution in [2.75, 3.05) is 37.7 Å². The van der Waals surface area contributed by atoms with Crippen molar-refractivity contribution in [3.8, 4) is 0 Å². The molecule has 9 atom stereocenters. The van der Waals surface area contributed by atoms with E-state index in [1.807, 2.05) is 13.8 Å². The molecule has 4 saturated carbocycles. The number of hydrogen-bond acceptors (Lipinski definition) is 5. The average molecular weight is 699 g/mol. The number of carboxylic acid groups (broad SMARTS) is 1. The van der Waals surface area contributed by atoms with Gasteiger partial charge in [-0.25, -0.2) is 8.42 Å². The molecule has 49 heavy (non-hydrogen) atoms. The summed E-state index contributed by atoms with van der Waals surface area (Å²) in [7, 11) is -2.85. The summed E-state index contributed by atoms with van der Waals surface area (Å²) in [5.41, 5.74) is 3.49. The zero-order valence-corrected chi connectivity index (χ0v) is 33.2. The number of fused-ring (bicyclic) bond motifs is 7. The molecule has 6 rings (SSSR count). The van der Waals surface area contributed by atoms with Gasteiger partial charge in [-0.15, -0.1) is 0 Å². The Morgan fingerprint density at radius 2 is 1.67 bits per heavy atom. The van der Waals surface area contributed by atoms with Crippen molar-refractivity contribution in [3.63, 3.8) is 0 Å². The van der Waals surface area contributed by atoms with Crippen LogP contribution in [0.3, 0.4) is 0 Å². The summed E-state index contributed by atoms with van der Waals surface area (Å²) in [6, 6.07) is 0. The molecule has 0 aromatic carbocycles. The van der Waals surface area contributed by atoms with E-state index in [0.29, 0.717) is 65.0 Å². The fourth-order valence-corrected chi connectivity index (χ4v) is 15.1. The lowest BCUT2D eigenvalue weighted by Gasteiger charge is -2.72. The van der Waals surface area contributed by atoms with Crippen LogP contribution in [0.15, 0.2) is 23.8 Å². The molecule has 0 radical (unpaired) electrons. The van der Waals surface area contributed by atoms with Crippen LogP contribution in [0.4, 0.5) is 0 Å². The number of sulfone groups is 1. The van der Waals surface area contributed by atoms with Gasteiger partial charge >= 0.3 is 5.97 Å². The molecular formula is C42H70N2O4S. The molecule has 1 heterocycles. The molecule has 7 heteroatoms. The van der Waals surface area contributed by atoms with Crippen molar-refractivity contribution in [2.24, 2.45) is 56.7 Å². The van der Waals surface area contributed by atoms with Gasteiger partial charge in [0, 0.05) is 31.7 Å². The summed E-state index contributed by atoms with van der Waals surface area (Å²) >= 11 is 0. The average Bonchev–Trinajstić information content (AvgIpc) is 3.39. The Labute approximate surface area is 299 Å².